The molecule has 0 N–H and O–H groups in total. The summed E-state index contributed by atoms with van der Waals surface area (Å²) in [6, 6.07) is 24.0. The minimum absolute atomic E-state index is 0.761. The molecule has 1 aromatic heterocycles. The summed E-state index contributed by atoms with van der Waals surface area (Å²) in [5.74, 6) is 1.82. The first kappa shape index (κ1) is 23.7. The van der Waals surface area contributed by atoms with E-state index in [1.807, 2.05) is 12.1 Å². The number of aryl methyl sites for hydroxylation is 2. The standard InChI is InChI=1S/C29H32INO2/c1-4-5-18-33-26-14-15-28-27(19-26)21(2)29(24-10-12-25(32-3)13-11-24)31(28)20-23-8-6-22(7-9-23)16-17-30/h6-15,19H,4-5,16-18,20H2,1-3H3. The maximum atomic E-state index is 6.02. The lowest BCUT2D eigenvalue weighted by atomic mass is 10.1. The van der Waals surface area contributed by atoms with Crippen molar-refractivity contribution in [1.29, 1.82) is 0 Å². The molecular formula is C29H32INO2. The Morgan fingerprint density at radius 2 is 1.58 bits per heavy atom. The highest BCUT2D eigenvalue weighted by Gasteiger charge is 2.17. The van der Waals surface area contributed by atoms with E-state index in [2.05, 4.69) is 95.6 Å². The van der Waals surface area contributed by atoms with Crippen molar-refractivity contribution >= 4 is 33.5 Å². The molecule has 0 saturated carbocycles. The van der Waals surface area contributed by atoms with Crippen LogP contribution < -0.4 is 9.47 Å². The van der Waals surface area contributed by atoms with Gasteiger partial charge in [0.2, 0.25) is 0 Å². The third-order valence-electron chi connectivity index (χ3n) is 6.16. The van der Waals surface area contributed by atoms with E-state index in [-0.39, 0.29) is 0 Å². The summed E-state index contributed by atoms with van der Waals surface area (Å²) in [4.78, 5) is 0. The summed E-state index contributed by atoms with van der Waals surface area (Å²) in [5, 5.41) is 1.25. The van der Waals surface area contributed by atoms with Gasteiger partial charge in [-0.15, -0.1) is 0 Å². The van der Waals surface area contributed by atoms with Crippen LogP contribution in [0.5, 0.6) is 11.5 Å². The first-order valence-electron chi connectivity index (χ1n) is 11.7. The number of hydrogen-bond acceptors (Lipinski definition) is 2. The van der Waals surface area contributed by atoms with Gasteiger partial charge in [-0.25, -0.2) is 0 Å². The van der Waals surface area contributed by atoms with E-state index in [1.165, 1.54) is 38.9 Å². The molecule has 0 unspecified atom stereocenters. The maximum Gasteiger partial charge on any atom is 0.120 e. The molecule has 0 fully saturated rings. The average Bonchev–Trinajstić information content (AvgIpc) is 3.11. The summed E-state index contributed by atoms with van der Waals surface area (Å²) < 4.78 is 15.0. The number of alkyl halides is 1. The van der Waals surface area contributed by atoms with Crippen LogP contribution in [0.1, 0.15) is 36.5 Å². The van der Waals surface area contributed by atoms with Crippen LogP contribution in [0.3, 0.4) is 0 Å². The Hall–Kier alpha value is -2.47. The predicted octanol–water partition coefficient (Wildman–Crippen LogP) is 7.83. The number of ether oxygens (including phenoxy) is 2. The van der Waals surface area contributed by atoms with Gasteiger partial charge in [-0.3, -0.25) is 0 Å². The number of fused-ring (bicyclic) bond motifs is 1. The zero-order chi connectivity index (χ0) is 23.2. The van der Waals surface area contributed by atoms with Gasteiger partial charge in [0.1, 0.15) is 11.5 Å². The lowest BCUT2D eigenvalue weighted by Crippen LogP contribution is -2.03. The van der Waals surface area contributed by atoms with E-state index in [9.17, 15) is 0 Å². The second-order valence-electron chi connectivity index (χ2n) is 8.42. The number of methoxy groups -OCH3 is 1. The van der Waals surface area contributed by atoms with Crippen LogP contribution in [-0.4, -0.2) is 22.7 Å². The van der Waals surface area contributed by atoms with Crippen LogP contribution in [0.15, 0.2) is 66.7 Å². The largest absolute Gasteiger partial charge is 0.497 e. The van der Waals surface area contributed by atoms with Crippen molar-refractivity contribution < 1.29 is 9.47 Å². The quantitative estimate of drug-likeness (QED) is 0.114. The summed E-state index contributed by atoms with van der Waals surface area (Å²) in [6.07, 6.45) is 3.32. The van der Waals surface area contributed by atoms with Gasteiger partial charge in [0.15, 0.2) is 0 Å². The fourth-order valence-electron chi connectivity index (χ4n) is 4.31. The van der Waals surface area contributed by atoms with Crippen LogP contribution in [0, 0.1) is 6.92 Å². The second kappa shape index (κ2) is 11.1. The number of nitrogens with zero attached hydrogens (tertiary/aromatic N) is 1. The van der Waals surface area contributed by atoms with Gasteiger partial charge in [-0.1, -0.05) is 60.2 Å². The Labute approximate surface area is 210 Å². The van der Waals surface area contributed by atoms with Gasteiger partial charge in [-0.05, 0) is 84.5 Å². The Bertz CT molecular complexity index is 1190. The van der Waals surface area contributed by atoms with Crippen LogP contribution in [0.2, 0.25) is 0 Å². The third kappa shape index (κ3) is 5.37. The average molecular weight is 553 g/mol. The second-order valence-corrected chi connectivity index (χ2v) is 9.50. The molecule has 0 radical (unpaired) electrons. The van der Waals surface area contributed by atoms with Gasteiger partial charge in [0.25, 0.3) is 0 Å². The topological polar surface area (TPSA) is 23.4 Å². The van der Waals surface area contributed by atoms with E-state index < -0.39 is 0 Å². The number of benzene rings is 3. The molecule has 4 rings (SSSR count). The molecule has 172 valence electrons. The third-order valence-corrected chi connectivity index (χ3v) is 6.70. The molecule has 4 aromatic rings. The zero-order valence-corrected chi connectivity index (χ0v) is 21.9. The van der Waals surface area contributed by atoms with Crippen molar-refractivity contribution in [1.82, 2.24) is 4.57 Å². The number of aromatic nitrogens is 1. The van der Waals surface area contributed by atoms with Crippen molar-refractivity contribution in [2.45, 2.75) is 39.7 Å². The molecule has 0 amide bonds. The number of halogens is 1. The minimum Gasteiger partial charge on any atom is -0.497 e. The molecule has 33 heavy (non-hydrogen) atoms. The number of unbranched alkanes of at least 4 members (excludes halogenated alkanes) is 1. The van der Waals surface area contributed by atoms with Gasteiger partial charge in [-0.2, -0.15) is 0 Å². The SMILES string of the molecule is CCCCOc1ccc2c(c1)c(C)c(-c1ccc(OC)cc1)n2Cc1ccc(CCI)cc1. The van der Waals surface area contributed by atoms with Gasteiger partial charge in [0.05, 0.1) is 19.4 Å². The molecule has 0 aliphatic carbocycles. The van der Waals surface area contributed by atoms with E-state index in [0.717, 1.165) is 48.3 Å². The maximum absolute atomic E-state index is 6.02. The summed E-state index contributed by atoms with van der Waals surface area (Å²) in [5.41, 5.74) is 7.65. The van der Waals surface area contributed by atoms with Crippen molar-refractivity contribution in [2.24, 2.45) is 0 Å². The van der Waals surface area contributed by atoms with E-state index in [1.54, 1.807) is 7.11 Å². The first-order valence-corrected chi connectivity index (χ1v) is 13.2. The van der Waals surface area contributed by atoms with Crippen LogP contribution in [0.25, 0.3) is 22.2 Å². The van der Waals surface area contributed by atoms with Crippen molar-refractivity contribution in [3.05, 3.63) is 83.4 Å². The molecule has 3 nitrogen and oxygen atoms in total. The number of rotatable bonds is 10. The Morgan fingerprint density at radius 1 is 0.879 bits per heavy atom. The normalized spacial score (nSPS) is 11.2. The van der Waals surface area contributed by atoms with Crippen molar-refractivity contribution in [3.8, 4) is 22.8 Å². The molecule has 0 bridgehead atoms. The minimum atomic E-state index is 0.761. The highest BCUT2D eigenvalue weighted by Crippen LogP contribution is 2.36. The predicted molar refractivity (Wildman–Crippen MR) is 147 cm³/mol. The van der Waals surface area contributed by atoms with Crippen molar-refractivity contribution in [3.63, 3.8) is 0 Å². The van der Waals surface area contributed by atoms with Gasteiger partial charge < -0.3 is 14.0 Å². The molecule has 0 saturated heterocycles. The van der Waals surface area contributed by atoms with Gasteiger partial charge >= 0.3 is 0 Å². The zero-order valence-electron chi connectivity index (χ0n) is 19.7. The van der Waals surface area contributed by atoms with Crippen molar-refractivity contribution in [2.75, 3.05) is 18.1 Å². The molecule has 0 atom stereocenters. The monoisotopic (exact) mass is 553 g/mol. The van der Waals surface area contributed by atoms with Gasteiger partial charge in [0, 0.05) is 21.9 Å². The van der Waals surface area contributed by atoms with Crippen LogP contribution >= 0.6 is 22.6 Å². The van der Waals surface area contributed by atoms with E-state index in [4.69, 9.17) is 9.47 Å². The molecule has 0 aliphatic heterocycles. The molecule has 3 aromatic carbocycles. The lowest BCUT2D eigenvalue weighted by molar-refractivity contribution is 0.310. The fourth-order valence-corrected chi connectivity index (χ4v) is 4.94. The molecule has 4 heteroatoms. The summed E-state index contributed by atoms with van der Waals surface area (Å²) in [6.45, 7) is 5.99. The van der Waals surface area contributed by atoms with E-state index in [0.29, 0.717) is 0 Å². The number of hydrogen-bond donors (Lipinski definition) is 0. The smallest absolute Gasteiger partial charge is 0.120 e. The van der Waals surface area contributed by atoms with Crippen LogP contribution in [-0.2, 0) is 13.0 Å². The summed E-state index contributed by atoms with van der Waals surface area (Å²) in [7, 11) is 1.71. The van der Waals surface area contributed by atoms with Crippen LogP contribution in [0.4, 0.5) is 0 Å². The molecule has 0 spiro atoms. The molecule has 0 aliphatic rings. The fraction of sp³-hybridized carbons (Fsp3) is 0.310. The Kier molecular flexibility index (Phi) is 7.97. The first-order chi connectivity index (χ1) is 16.1. The molecular weight excluding hydrogens is 521 g/mol. The highest BCUT2D eigenvalue weighted by molar-refractivity contribution is 14.1. The molecule has 1 heterocycles. The Morgan fingerprint density at radius 3 is 2.24 bits per heavy atom. The van der Waals surface area contributed by atoms with E-state index >= 15 is 0 Å². The Balaban J connectivity index is 1.78. The highest BCUT2D eigenvalue weighted by atomic mass is 127. The lowest BCUT2D eigenvalue weighted by Gasteiger charge is -2.13. The summed E-state index contributed by atoms with van der Waals surface area (Å²) >= 11 is 2.44.